The molecule has 0 radical (unpaired) electrons. The summed E-state index contributed by atoms with van der Waals surface area (Å²) in [5.74, 6) is -3.96. The number of hydrogen-bond donors (Lipinski definition) is 6. The lowest BCUT2D eigenvalue weighted by atomic mass is 10.2. The maximum absolute atomic E-state index is 13.1. The zero-order valence-corrected chi connectivity index (χ0v) is 25.6. The lowest BCUT2D eigenvalue weighted by Crippen LogP contribution is -2.43. The average Bonchev–Trinajstić information content (AvgIpc) is 3.44. The fourth-order valence-corrected chi connectivity index (χ4v) is 6.47. The fourth-order valence-electron chi connectivity index (χ4n) is 3.70. The highest BCUT2D eigenvalue weighted by atomic mass is 32.2. The molecule has 0 saturated carbocycles. The Balaban J connectivity index is 1.27. The van der Waals surface area contributed by atoms with E-state index in [1.807, 2.05) is 0 Å². The largest absolute Gasteiger partial charge is 0.508 e. The Morgan fingerprint density at radius 2 is 1.05 bits per heavy atom. The summed E-state index contributed by atoms with van der Waals surface area (Å²) in [5, 5.41) is 19.0. The Labute approximate surface area is 268 Å². The van der Waals surface area contributed by atoms with Crippen molar-refractivity contribution in [2.75, 3.05) is 13.1 Å². The van der Waals surface area contributed by atoms with Crippen LogP contribution in [0.15, 0.2) is 58.3 Å². The topological polar surface area (TPSA) is 197 Å². The first-order chi connectivity index (χ1) is 20.9. The molecule has 0 spiro atoms. The number of phenols is 2. The Hall–Kier alpha value is -4.52. The third kappa shape index (κ3) is 7.90. The van der Waals surface area contributed by atoms with Gasteiger partial charge in [-0.25, -0.2) is 0 Å². The van der Waals surface area contributed by atoms with E-state index in [1.54, 1.807) is 0 Å². The van der Waals surface area contributed by atoms with Gasteiger partial charge in [-0.2, -0.15) is 0 Å². The summed E-state index contributed by atoms with van der Waals surface area (Å²) >= 11 is 12.3. The van der Waals surface area contributed by atoms with Gasteiger partial charge in [-0.1, -0.05) is 60.1 Å². The van der Waals surface area contributed by atoms with Gasteiger partial charge >= 0.3 is 0 Å². The summed E-state index contributed by atoms with van der Waals surface area (Å²) in [5.41, 5.74) is 9.10. The maximum atomic E-state index is 13.1. The van der Waals surface area contributed by atoms with E-state index in [1.165, 1.54) is 48.5 Å². The highest BCUT2D eigenvalue weighted by Crippen LogP contribution is 2.42. The van der Waals surface area contributed by atoms with E-state index in [0.29, 0.717) is 0 Å². The lowest BCUT2D eigenvalue weighted by molar-refractivity contribution is -0.126. The van der Waals surface area contributed by atoms with Gasteiger partial charge in [0.25, 0.3) is 23.6 Å². The van der Waals surface area contributed by atoms with Crippen LogP contribution in [0.25, 0.3) is 0 Å². The number of phenolic OH excluding ortho intramolecular Hbond substituents is 2. The summed E-state index contributed by atoms with van der Waals surface area (Å²) in [6.07, 6.45) is -0.448. The van der Waals surface area contributed by atoms with Crippen molar-refractivity contribution in [1.29, 1.82) is 0 Å². The van der Waals surface area contributed by atoms with Crippen LogP contribution in [0.3, 0.4) is 0 Å². The fraction of sp³-hybridized carbons (Fsp3) is 0.154. The van der Waals surface area contributed by atoms with Crippen molar-refractivity contribution in [3.63, 3.8) is 0 Å². The predicted octanol–water partition coefficient (Wildman–Crippen LogP) is 1.03. The van der Waals surface area contributed by atoms with E-state index in [-0.39, 0.29) is 67.0 Å². The number of nitrogens with one attached hydrogen (secondary N) is 4. The number of aromatic hydroxyl groups is 2. The summed E-state index contributed by atoms with van der Waals surface area (Å²) < 4.78 is 0.238. The molecule has 2 aromatic rings. The third-order valence-electron chi connectivity index (χ3n) is 5.88. The molecular formula is C26H22N6O8S4. The Morgan fingerprint density at radius 3 is 1.41 bits per heavy atom. The predicted molar refractivity (Wildman–Crippen MR) is 167 cm³/mol. The number of thioether (sulfide) groups is 2. The van der Waals surface area contributed by atoms with Gasteiger partial charge in [0.2, 0.25) is 11.8 Å². The van der Waals surface area contributed by atoms with Gasteiger partial charge < -0.3 is 10.2 Å². The standard InChI is InChI=1S/C26H22N6O8S4/c33-15-5-1-3-13(11-15)21(37)29-27-17(35)7-9-31-23(39)19(43-25(31)41)20-24(40)32(26(42)44-20)10-8-18(36)28-30-22(38)14-4-2-6-16(34)12-14/h1-6,11-12,33-34H,7-10H2,(H,27,35)(H,28,36)(H,29,37)(H,30,38)/b20-19+. The zero-order chi connectivity index (χ0) is 32.0. The van der Waals surface area contributed by atoms with Crippen LogP contribution in [0.2, 0.25) is 0 Å². The van der Waals surface area contributed by atoms with Gasteiger partial charge in [-0.05, 0) is 36.4 Å². The molecule has 4 rings (SSSR count). The van der Waals surface area contributed by atoms with Crippen molar-refractivity contribution in [3.8, 4) is 11.5 Å². The summed E-state index contributed by atoms with van der Waals surface area (Å²) in [6.45, 7) is -0.256. The normalized spacial score (nSPS) is 16.3. The molecule has 0 aromatic heterocycles. The summed E-state index contributed by atoms with van der Waals surface area (Å²) in [6, 6.07) is 11.0. The number of benzene rings is 2. The van der Waals surface area contributed by atoms with Gasteiger partial charge in [-0.3, -0.25) is 60.3 Å². The third-order valence-corrected chi connectivity index (χ3v) is 8.90. The molecule has 14 nitrogen and oxygen atoms in total. The van der Waals surface area contributed by atoms with E-state index >= 15 is 0 Å². The number of amides is 6. The van der Waals surface area contributed by atoms with E-state index in [9.17, 15) is 39.0 Å². The van der Waals surface area contributed by atoms with Crippen LogP contribution in [0, 0.1) is 0 Å². The number of nitrogens with zero attached hydrogens (tertiary/aromatic N) is 2. The molecule has 228 valence electrons. The molecule has 2 fully saturated rings. The minimum Gasteiger partial charge on any atom is -0.508 e. The number of carbonyl (C=O) groups is 6. The first-order valence-corrected chi connectivity index (χ1v) is 15.0. The summed E-state index contributed by atoms with van der Waals surface area (Å²) in [7, 11) is 0. The first-order valence-electron chi connectivity index (χ1n) is 12.5. The van der Waals surface area contributed by atoms with Gasteiger partial charge in [-0.15, -0.1) is 0 Å². The van der Waals surface area contributed by atoms with Crippen LogP contribution in [0.5, 0.6) is 11.5 Å². The second-order valence-corrected chi connectivity index (χ2v) is 12.2. The van der Waals surface area contributed by atoms with Crippen LogP contribution < -0.4 is 21.7 Å². The highest BCUT2D eigenvalue weighted by Gasteiger charge is 2.42. The number of hydrazine groups is 2. The van der Waals surface area contributed by atoms with Gasteiger partial charge in [0.05, 0.1) is 9.81 Å². The van der Waals surface area contributed by atoms with Crippen molar-refractivity contribution in [3.05, 3.63) is 69.5 Å². The maximum Gasteiger partial charge on any atom is 0.269 e. The molecule has 18 heteroatoms. The molecule has 2 aromatic carbocycles. The van der Waals surface area contributed by atoms with Gasteiger partial charge in [0, 0.05) is 37.1 Å². The van der Waals surface area contributed by atoms with Crippen LogP contribution in [-0.2, 0) is 19.2 Å². The first kappa shape index (κ1) is 32.4. The Bertz CT molecular complexity index is 1510. The smallest absolute Gasteiger partial charge is 0.269 e. The monoisotopic (exact) mass is 674 g/mol. The van der Waals surface area contributed by atoms with Gasteiger partial charge in [0.15, 0.2) is 0 Å². The number of hydrogen-bond acceptors (Lipinski definition) is 12. The van der Waals surface area contributed by atoms with Crippen LogP contribution >= 0.6 is 48.0 Å². The van der Waals surface area contributed by atoms with Crippen molar-refractivity contribution < 1.29 is 39.0 Å². The molecule has 0 bridgehead atoms. The number of thiocarbonyl (C=S) groups is 2. The zero-order valence-electron chi connectivity index (χ0n) is 22.3. The molecule has 2 saturated heterocycles. The summed E-state index contributed by atoms with van der Waals surface area (Å²) in [4.78, 5) is 77.3. The molecule has 0 unspecified atom stereocenters. The van der Waals surface area contributed by atoms with Crippen molar-refractivity contribution in [2.24, 2.45) is 0 Å². The van der Waals surface area contributed by atoms with Crippen LogP contribution in [-0.4, -0.2) is 77.2 Å². The second-order valence-electron chi connectivity index (χ2n) is 8.91. The van der Waals surface area contributed by atoms with E-state index in [0.717, 1.165) is 33.3 Å². The molecule has 6 N–H and O–H groups in total. The average molecular weight is 675 g/mol. The second kappa shape index (κ2) is 14.3. The molecule has 2 heterocycles. The van der Waals surface area contributed by atoms with Crippen molar-refractivity contribution in [1.82, 2.24) is 31.5 Å². The molecule has 0 aliphatic carbocycles. The molecule has 6 amide bonds. The minimum absolute atomic E-state index is 0.0373. The van der Waals surface area contributed by atoms with Gasteiger partial charge in [0.1, 0.15) is 20.1 Å². The van der Waals surface area contributed by atoms with E-state index in [2.05, 4.69) is 21.7 Å². The lowest BCUT2D eigenvalue weighted by Gasteiger charge is -2.15. The Morgan fingerprint density at radius 1 is 0.659 bits per heavy atom. The van der Waals surface area contributed by atoms with Crippen molar-refractivity contribution in [2.45, 2.75) is 12.8 Å². The number of carbonyl (C=O) groups excluding carboxylic acids is 6. The molecule has 44 heavy (non-hydrogen) atoms. The number of rotatable bonds is 8. The SMILES string of the molecule is O=C(CCN1C(=O)/C(=C2\SC(=S)N(CCC(=O)NNC(=O)c3cccc(O)c3)C2=O)SC1=S)NNC(=O)c1cccc(O)c1. The van der Waals surface area contributed by atoms with Crippen molar-refractivity contribution >= 4 is 92.0 Å². The van der Waals surface area contributed by atoms with E-state index < -0.39 is 35.4 Å². The van der Waals surface area contributed by atoms with E-state index in [4.69, 9.17) is 24.4 Å². The quantitative estimate of drug-likeness (QED) is 0.132. The molecule has 2 aliphatic rings. The van der Waals surface area contributed by atoms with Crippen LogP contribution in [0.4, 0.5) is 0 Å². The Kier molecular flexibility index (Phi) is 10.5. The minimum atomic E-state index is -0.655. The molecular weight excluding hydrogens is 653 g/mol. The molecule has 0 atom stereocenters. The highest BCUT2D eigenvalue weighted by molar-refractivity contribution is 8.29. The van der Waals surface area contributed by atoms with Crippen LogP contribution in [0.1, 0.15) is 33.6 Å². The molecule has 2 aliphatic heterocycles.